The monoisotopic (exact) mass is 376 g/mol. The average Bonchev–Trinajstić information content (AvgIpc) is 3.19. The van der Waals surface area contributed by atoms with E-state index in [2.05, 4.69) is 15.5 Å². The number of amides is 2. The van der Waals surface area contributed by atoms with Crippen LogP contribution in [-0.2, 0) is 16.3 Å². The Labute approximate surface area is 151 Å². The fourth-order valence-electron chi connectivity index (χ4n) is 3.49. The molecule has 4 rings (SSSR count). The van der Waals surface area contributed by atoms with Gasteiger partial charge in [-0.05, 0) is 43.9 Å². The van der Waals surface area contributed by atoms with E-state index in [-0.39, 0.29) is 17.7 Å². The van der Waals surface area contributed by atoms with Crippen LogP contribution in [0.15, 0.2) is 27.6 Å². The Balaban J connectivity index is 1.39. The Morgan fingerprint density at radius 1 is 1.31 bits per heavy atom. The smallest absolute Gasteiger partial charge is 0.321 e. The lowest BCUT2D eigenvalue weighted by Crippen LogP contribution is -2.40. The van der Waals surface area contributed by atoms with Gasteiger partial charge in [-0.1, -0.05) is 11.2 Å². The summed E-state index contributed by atoms with van der Waals surface area (Å²) in [5.74, 6) is 1.56. The molecule has 1 N–H and O–H groups in total. The number of rotatable bonds is 2. The van der Waals surface area contributed by atoms with Crippen LogP contribution in [0.2, 0.25) is 0 Å². The minimum absolute atomic E-state index is 0.141. The Bertz CT molecular complexity index is 945. The molecule has 1 aromatic carbocycles. The van der Waals surface area contributed by atoms with Gasteiger partial charge in [0.15, 0.2) is 15.7 Å². The number of benzene rings is 1. The van der Waals surface area contributed by atoms with Crippen molar-refractivity contribution in [1.82, 2.24) is 15.0 Å². The van der Waals surface area contributed by atoms with E-state index in [1.54, 1.807) is 30.0 Å². The van der Waals surface area contributed by atoms with Gasteiger partial charge in [0.1, 0.15) is 0 Å². The number of hydrogen-bond acceptors (Lipinski definition) is 6. The maximum Gasteiger partial charge on any atom is 0.321 e. The molecule has 1 fully saturated rings. The molecule has 9 heteroatoms. The van der Waals surface area contributed by atoms with Crippen molar-refractivity contribution in [2.75, 3.05) is 24.2 Å². The molecule has 26 heavy (non-hydrogen) atoms. The first kappa shape index (κ1) is 17.0. The van der Waals surface area contributed by atoms with Crippen LogP contribution in [0.3, 0.4) is 0 Å². The number of aromatic nitrogens is 2. The second-order valence-corrected chi connectivity index (χ2v) is 8.84. The van der Waals surface area contributed by atoms with Crippen LogP contribution in [0.1, 0.15) is 36.0 Å². The topological polar surface area (TPSA) is 105 Å². The van der Waals surface area contributed by atoms with Gasteiger partial charge in [0.25, 0.3) is 0 Å². The standard InChI is InChI=1S/C17H20N4O4S/c1-11-18-16(25-20-11)13-4-7-21(8-5-13)17(22)19-14-3-2-12-6-9-26(23,24)15(12)10-14/h2-3,10,13H,4-9H2,1H3,(H,19,22). The molecule has 3 heterocycles. The first-order valence-electron chi connectivity index (χ1n) is 8.64. The van der Waals surface area contributed by atoms with Crippen LogP contribution in [0.25, 0.3) is 0 Å². The van der Waals surface area contributed by atoms with E-state index in [0.29, 0.717) is 41.8 Å². The molecular weight excluding hydrogens is 356 g/mol. The average molecular weight is 376 g/mol. The molecule has 0 spiro atoms. The Morgan fingerprint density at radius 3 is 2.77 bits per heavy atom. The lowest BCUT2D eigenvalue weighted by molar-refractivity contribution is 0.187. The zero-order chi connectivity index (χ0) is 18.3. The van der Waals surface area contributed by atoms with Crippen LogP contribution >= 0.6 is 0 Å². The van der Waals surface area contributed by atoms with Crippen LogP contribution in [0.4, 0.5) is 10.5 Å². The van der Waals surface area contributed by atoms with Crippen molar-refractivity contribution in [2.45, 2.75) is 37.0 Å². The summed E-state index contributed by atoms with van der Waals surface area (Å²) in [6.07, 6.45) is 2.05. The molecule has 0 atom stereocenters. The van der Waals surface area contributed by atoms with Gasteiger partial charge in [0.2, 0.25) is 5.89 Å². The number of nitrogens with zero attached hydrogens (tertiary/aromatic N) is 3. The first-order valence-corrected chi connectivity index (χ1v) is 10.3. The summed E-state index contributed by atoms with van der Waals surface area (Å²) in [6, 6.07) is 4.87. The van der Waals surface area contributed by atoms with E-state index in [1.807, 2.05) is 0 Å². The van der Waals surface area contributed by atoms with Gasteiger partial charge < -0.3 is 14.7 Å². The molecule has 2 aliphatic rings. The largest absolute Gasteiger partial charge is 0.339 e. The van der Waals surface area contributed by atoms with Crippen LogP contribution < -0.4 is 5.32 Å². The third kappa shape index (κ3) is 3.18. The van der Waals surface area contributed by atoms with E-state index in [4.69, 9.17) is 4.52 Å². The summed E-state index contributed by atoms with van der Waals surface area (Å²) < 4.78 is 29.3. The molecule has 2 aliphatic heterocycles. The highest BCUT2D eigenvalue weighted by Crippen LogP contribution is 2.30. The number of aryl methyl sites for hydroxylation is 2. The number of piperidine rings is 1. The predicted molar refractivity (Wildman–Crippen MR) is 93.8 cm³/mol. The first-order chi connectivity index (χ1) is 12.4. The van der Waals surface area contributed by atoms with Crippen LogP contribution in [0, 0.1) is 6.92 Å². The molecule has 0 radical (unpaired) electrons. The number of carbonyl (C=O) groups is 1. The van der Waals surface area contributed by atoms with E-state index < -0.39 is 9.84 Å². The second-order valence-electron chi connectivity index (χ2n) is 6.76. The molecule has 0 bridgehead atoms. The van der Waals surface area contributed by atoms with Gasteiger partial charge >= 0.3 is 6.03 Å². The molecule has 0 aliphatic carbocycles. The lowest BCUT2D eigenvalue weighted by Gasteiger charge is -2.30. The summed E-state index contributed by atoms with van der Waals surface area (Å²) in [7, 11) is -3.21. The summed E-state index contributed by atoms with van der Waals surface area (Å²) in [5, 5.41) is 6.62. The van der Waals surface area contributed by atoms with Gasteiger partial charge in [-0.2, -0.15) is 4.98 Å². The predicted octanol–water partition coefficient (Wildman–Crippen LogP) is 2.12. The highest BCUT2D eigenvalue weighted by molar-refractivity contribution is 7.91. The Hall–Kier alpha value is -2.42. The number of fused-ring (bicyclic) bond motifs is 1. The molecule has 138 valence electrons. The van der Waals surface area contributed by atoms with Crippen molar-refractivity contribution < 1.29 is 17.7 Å². The van der Waals surface area contributed by atoms with E-state index >= 15 is 0 Å². The summed E-state index contributed by atoms with van der Waals surface area (Å²) in [6.45, 7) is 2.95. The number of urea groups is 1. The Kier molecular flexibility index (Phi) is 4.18. The number of hydrogen-bond donors (Lipinski definition) is 1. The highest BCUT2D eigenvalue weighted by atomic mass is 32.2. The summed E-state index contributed by atoms with van der Waals surface area (Å²) in [5.41, 5.74) is 1.33. The number of anilines is 1. The fourth-order valence-corrected chi connectivity index (χ4v) is 5.08. The van der Waals surface area contributed by atoms with Gasteiger partial charge in [-0.25, -0.2) is 13.2 Å². The molecular formula is C17H20N4O4S. The van der Waals surface area contributed by atoms with Crippen LogP contribution in [0.5, 0.6) is 0 Å². The van der Waals surface area contributed by atoms with E-state index in [1.165, 1.54) is 0 Å². The number of carbonyl (C=O) groups excluding carboxylic acids is 1. The van der Waals surface area contributed by atoms with Crippen molar-refractivity contribution in [3.8, 4) is 0 Å². The molecule has 1 saturated heterocycles. The van der Waals surface area contributed by atoms with Crippen molar-refractivity contribution in [3.63, 3.8) is 0 Å². The maximum absolute atomic E-state index is 12.5. The normalized spacial score (nSPS) is 19.3. The van der Waals surface area contributed by atoms with Gasteiger partial charge in [-0.3, -0.25) is 0 Å². The lowest BCUT2D eigenvalue weighted by atomic mass is 9.97. The Morgan fingerprint density at radius 2 is 2.08 bits per heavy atom. The quantitative estimate of drug-likeness (QED) is 0.861. The zero-order valence-electron chi connectivity index (χ0n) is 14.4. The molecule has 0 saturated carbocycles. The fraction of sp³-hybridized carbons (Fsp3) is 0.471. The zero-order valence-corrected chi connectivity index (χ0v) is 15.3. The van der Waals surface area contributed by atoms with E-state index in [0.717, 1.165) is 18.4 Å². The minimum atomic E-state index is -3.21. The van der Waals surface area contributed by atoms with Gasteiger partial charge in [0.05, 0.1) is 10.6 Å². The third-order valence-electron chi connectivity index (χ3n) is 4.97. The third-order valence-corrected chi connectivity index (χ3v) is 6.76. The van der Waals surface area contributed by atoms with Crippen molar-refractivity contribution in [1.29, 1.82) is 0 Å². The molecule has 8 nitrogen and oxygen atoms in total. The highest BCUT2D eigenvalue weighted by Gasteiger charge is 2.29. The number of nitrogens with one attached hydrogen (secondary N) is 1. The molecule has 2 amide bonds. The van der Waals surface area contributed by atoms with E-state index in [9.17, 15) is 13.2 Å². The molecule has 1 aromatic heterocycles. The summed E-state index contributed by atoms with van der Waals surface area (Å²) in [4.78, 5) is 18.8. The van der Waals surface area contributed by atoms with Crippen molar-refractivity contribution in [3.05, 3.63) is 35.5 Å². The second kappa shape index (κ2) is 6.39. The van der Waals surface area contributed by atoms with Gasteiger partial charge in [-0.15, -0.1) is 0 Å². The minimum Gasteiger partial charge on any atom is -0.339 e. The van der Waals surface area contributed by atoms with Crippen molar-refractivity contribution in [2.24, 2.45) is 0 Å². The maximum atomic E-state index is 12.5. The van der Waals surface area contributed by atoms with Gasteiger partial charge in [0, 0.05) is 24.7 Å². The summed E-state index contributed by atoms with van der Waals surface area (Å²) >= 11 is 0. The SMILES string of the molecule is Cc1noc(C2CCN(C(=O)Nc3ccc4c(c3)S(=O)(=O)CC4)CC2)n1. The van der Waals surface area contributed by atoms with Crippen molar-refractivity contribution >= 4 is 21.6 Å². The molecule has 2 aromatic rings. The molecule has 0 unspecified atom stereocenters. The number of sulfone groups is 1. The van der Waals surface area contributed by atoms with Crippen LogP contribution in [-0.4, -0.2) is 48.3 Å². The number of likely N-dealkylation sites (tertiary alicyclic amines) is 1.